The van der Waals surface area contributed by atoms with E-state index in [1.165, 1.54) is 22.2 Å². The molecule has 2 aliphatic carbocycles. The van der Waals surface area contributed by atoms with Crippen molar-refractivity contribution in [1.29, 1.82) is 0 Å². The summed E-state index contributed by atoms with van der Waals surface area (Å²) in [4.78, 5) is 2.42. The Labute approximate surface area is 181 Å². The third kappa shape index (κ3) is 2.97. The van der Waals surface area contributed by atoms with Crippen LogP contribution in [0.15, 0.2) is 101 Å². The molecule has 0 saturated heterocycles. The topological polar surface area (TPSA) is 42.4 Å². The predicted octanol–water partition coefficient (Wildman–Crippen LogP) is 7.60. The minimum absolute atomic E-state index is 0.752. The zero-order chi connectivity index (χ0) is 20.8. The first kappa shape index (κ1) is 18.1. The molecule has 0 atom stereocenters. The van der Waals surface area contributed by atoms with E-state index in [1.807, 2.05) is 18.2 Å². The lowest BCUT2D eigenvalue weighted by Crippen LogP contribution is -2.22. The fourth-order valence-electron chi connectivity index (χ4n) is 4.83. The summed E-state index contributed by atoms with van der Waals surface area (Å²) in [7, 11) is 0. The number of nitrogens with two attached hydrogens (primary N) is 1. The normalized spacial score (nSPS) is 16.1. The van der Waals surface area contributed by atoms with E-state index in [4.69, 9.17) is 10.2 Å². The maximum atomic E-state index is 6.33. The lowest BCUT2D eigenvalue weighted by atomic mass is 9.99. The minimum atomic E-state index is 0.752. The maximum absolute atomic E-state index is 6.33. The van der Waals surface area contributed by atoms with Crippen LogP contribution in [0, 0.1) is 0 Å². The molecule has 2 aliphatic rings. The van der Waals surface area contributed by atoms with E-state index in [9.17, 15) is 0 Å². The molecular formula is C28H24N2O. The number of fused-ring (bicyclic) bond motifs is 5. The van der Waals surface area contributed by atoms with Gasteiger partial charge in [0.25, 0.3) is 0 Å². The largest absolute Gasteiger partial charge is 0.456 e. The zero-order valence-electron chi connectivity index (χ0n) is 17.3. The van der Waals surface area contributed by atoms with Gasteiger partial charge in [-0.15, -0.1) is 0 Å². The SMILES string of the molecule is Nc1ccc2oc3cc(N(C4=CCCC=C4)C4=CC=CCC4)c4ccccc4c3c2c1. The van der Waals surface area contributed by atoms with Gasteiger partial charge in [0.15, 0.2) is 0 Å². The Morgan fingerprint density at radius 3 is 2.55 bits per heavy atom. The van der Waals surface area contributed by atoms with E-state index in [2.05, 4.69) is 71.7 Å². The van der Waals surface area contributed by atoms with Crippen LogP contribution in [0.25, 0.3) is 32.7 Å². The Morgan fingerprint density at radius 1 is 0.839 bits per heavy atom. The molecule has 152 valence electrons. The lowest BCUT2D eigenvalue weighted by molar-refractivity contribution is 0.669. The summed E-state index contributed by atoms with van der Waals surface area (Å²) in [6, 6.07) is 16.7. The Morgan fingerprint density at radius 2 is 1.74 bits per heavy atom. The van der Waals surface area contributed by atoms with Crippen molar-refractivity contribution in [3.63, 3.8) is 0 Å². The van der Waals surface area contributed by atoms with Gasteiger partial charge in [0, 0.05) is 39.3 Å². The first-order valence-electron chi connectivity index (χ1n) is 11.0. The zero-order valence-corrected chi connectivity index (χ0v) is 17.3. The number of benzene rings is 3. The van der Waals surface area contributed by atoms with Crippen molar-refractivity contribution >= 4 is 44.1 Å². The van der Waals surface area contributed by atoms with Gasteiger partial charge < -0.3 is 15.1 Å². The van der Waals surface area contributed by atoms with Crippen molar-refractivity contribution in [3.05, 3.63) is 96.4 Å². The summed E-state index contributed by atoms with van der Waals surface area (Å²) in [5.74, 6) is 0. The Balaban J connectivity index is 1.69. The summed E-state index contributed by atoms with van der Waals surface area (Å²) in [6.45, 7) is 0. The smallest absolute Gasteiger partial charge is 0.138 e. The fraction of sp³-hybridized carbons (Fsp3) is 0.143. The van der Waals surface area contributed by atoms with Crippen LogP contribution in [-0.4, -0.2) is 0 Å². The van der Waals surface area contributed by atoms with Gasteiger partial charge in [-0.05, 0) is 61.4 Å². The van der Waals surface area contributed by atoms with Gasteiger partial charge in [-0.25, -0.2) is 0 Å². The molecule has 0 unspecified atom stereocenters. The predicted molar refractivity (Wildman–Crippen MR) is 131 cm³/mol. The molecule has 3 nitrogen and oxygen atoms in total. The van der Waals surface area contributed by atoms with Gasteiger partial charge in [-0.3, -0.25) is 0 Å². The molecule has 0 spiro atoms. The molecule has 0 bridgehead atoms. The second-order valence-corrected chi connectivity index (χ2v) is 8.24. The van der Waals surface area contributed by atoms with E-state index < -0.39 is 0 Å². The third-order valence-electron chi connectivity index (χ3n) is 6.23. The second-order valence-electron chi connectivity index (χ2n) is 8.24. The monoisotopic (exact) mass is 404 g/mol. The van der Waals surface area contributed by atoms with Gasteiger partial charge in [0.1, 0.15) is 11.2 Å². The molecule has 3 aromatic carbocycles. The highest BCUT2D eigenvalue weighted by Crippen LogP contribution is 2.43. The number of hydrogen-bond acceptors (Lipinski definition) is 3. The molecule has 1 heterocycles. The molecule has 0 aliphatic heterocycles. The first-order valence-corrected chi connectivity index (χ1v) is 11.0. The number of nitrogens with zero attached hydrogens (tertiary/aromatic N) is 1. The fourth-order valence-corrected chi connectivity index (χ4v) is 4.83. The van der Waals surface area contributed by atoms with Gasteiger partial charge in [-0.1, -0.05) is 48.6 Å². The van der Waals surface area contributed by atoms with Crippen molar-refractivity contribution in [1.82, 2.24) is 0 Å². The summed E-state index contributed by atoms with van der Waals surface area (Å²) in [5.41, 5.74) is 12.3. The molecule has 0 radical (unpaired) electrons. The van der Waals surface area contributed by atoms with Crippen molar-refractivity contribution in [2.24, 2.45) is 0 Å². The van der Waals surface area contributed by atoms with Crippen LogP contribution in [0.4, 0.5) is 11.4 Å². The highest BCUT2D eigenvalue weighted by molar-refractivity contribution is 6.22. The molecule has 1 aromatic heterocycles. The molecule has 31 heavy (non-hydrogen) atoms. The van der Waals surface area contributed by atoms with Crippen molar-refractivity contribution < 1.29 is 4.42 Å². The number of hydrogen-bond donors (Lipinski definition) is 1. The number of anilines is 2. The molecule has 0 saturated carbocycles. The van der Waals surface area contributed by atoms with Crippen LogP contribution >= 0.6 is 0 Å². The van der Waals surface area contributed by atoms with E-state index in [0.29, 0.717) is 0 Å². The molecule has 3 heteroatoms. The van der Waals surface area contributed by atoms with Crippen LogP contribution in [0.2, 0.25) is 0 Å². The molecule has 0 fully saturated rings. The lowest BCUT2D eigenvalue weighted by Gasteiger charge is -2.31. The van der Waals surface area contributed by atoms with Crippen molar-refractivity contribution in [2.75, 3.05) is 10.6 Å². The van der Waals surface area contributed by atoms with E-state index in [1.54, 1.807) is 0 Å². The minimum Gasteiger partial charge on any atom is -0.456 e. The first-order chi connectivity index (χ1) is 15.3. The van der Waals surface area contributed by atoms with Crippen LogP contribution in [0.1, 0.15) is 25.7 Å². The average molecular weight is 405 g/mol. The number of furan rings is 1. The van der Waals surface area contributed by atoms with E-state index in [0.717, 1.165) is 59.0 Å². The van der Waals surface area contributed by atoms with Gasteiger partial charge in [0.05, 0.1) is 5.69 Å². The second kappa shape index (κ2) is 7.21. The Bertz CT molecular complexity index is 1450. The number of nitrogen functional groups attached to an aromatic ring is 1. The Kier molecular flexibility index (Phi) is 4.20. The summed E-state index contributed by atoms with van der Waals surface area (Å²) < 4.78 is 6.33. The quantitative estimate of drug-likeness (QED) is 0.358. The third-order valence-corrected chi connectivity index (χ3v) is 6.23. The van der Waals surface area contributed by atoms with Gasteiger partial charge in [0.2, 0.25) is 0 Å². The number of rotatable bonds is 3. The van der Waals surface area contributed by atoms with Crippen LogP contribution in [0.3, 0.4) is 0 Å². The average Bonchev–Trinajstić information content (AvgIpc) is 3.18. The summed E-state index contributed by atoms with van der Waals surface area (Å²) in [6.07, 6.45) is 17.8. The van der Waals surface area contributed by atoms with Crippen LogP contribution < -0.4 is 10.6 Å². The molecule has 4 aromatic rings. The highest BCUT2D eigenvalue weighted by Gasteiger charge is 2.22. The summed E-state index contributed by atoms with van der Waals surface area (Å²) >= 11 is 0. The molecule has 0 amide bonds. The molecular weight excluding hydrogens is 380 g/mol. The standard InChI is InChI=1S/C28H24N2O/c29-19-15-16-26-24(17-19)28-23-14-8-7-13-22(23)25(18-27(28)31-26)30(20-9-3-1-4-10-20)21-11-5-2-6-12-21/h1,3,5,7-9,11-18H,2,4,6,10,29H2. The Hall–Kier alpha value is -3.72. The van der Waals surface area contributed by atoms with E-state index in [-0.39, 0.29) is 0 Å². The van der Waals surface area contributed by atoms with Crippen molar-refractivity contribution in [2.45, 2.75) is 25.7 Å². The van der Waals surface area contributed by atoms with Crippen molar-refractivity contribution in [3.8, 4) is 0 Å². The maximum Gasteiger partial charge on any atom is 0.138 e. The summed E-state index contributed by atoms with van der Waals surface area (Å²) in [5, 5.41) is 4.61. The van der Waals surface area contributed by atoms with Gasteiger partial charge in [-0.2, -0.15) is 0 Å². The van der Waals surface area contributed by atoms with E-state index >= 15 is 0 Å². The van der Waals surface area contributed by atoms with Gasteiger partial charge >= 0.3 is 0 Å². The molecule has 2 N–H and O–H groups in total. The van der Waals surface area contributed by atoms with Crippen LogP contribution in [0.5, 0.6) is 0 Å². The molecule has 6 rings (SSSR count). The number of allylic oxidation sites excluding steroid dienone is 7. The highest BCUT2D eigenvalue weighted by atomic mass is 16.3. The van der Waals surface area contributed by atoms with Crippen LogP contribution in [-0.2, 0) is 0 Å².